The number of carbonyl (C=O) groups excluding carboxylic acids is 1. The van der Waals surface area contributed by atoms with Crippen molar-refractivity contribution in [2.75, 3.05) is 4.90 Å². The lowest BCUT2D eigenvalue weighted by atomic mass is 9.80. The summed E-state index contributed by atoms with van der Waals surface area (Å²) < 4.78 is 41.8. The molecule has 5 rings (SSSR count). The first-order valence-electron chi connectivity index (χ1n) is 13.2. The molecule has 4 atom stereocenters. The van der Waals surface area contributed by atoms with E-state index in [1.165, 1.54) is 24.3 Å². The SMILES string of the molecule is CCC(CCC#N)N(C1CC1)C1c2ccccc2N(C(=O)c2ccc(OC(F)(F)F)cc2)C2CCCC21. The van der Waals surface area contributed by atoms with Crippen LogP contribution in [0.4, 0.5) is 18.9 Å². The molecule has 0 radical (unpaired) electrons. The van der Waals surface area contributed by atoms with Crippen LogP contribution in [0.2, 0.25) is 0 Å². The predicted molar refractivity (Wildman–Crippen MR) is 134 cm³/mol. The number of ether oxygens (including phenoxy) is 1. The topological polar surface area (TPSA) is 56.6 Å². The van der Waals surface area contributed by atoms with Crippen molar-refractivity contribution in [2.24, 2.45) is 5.92 Å². The molecular formula is C29H32F3N3O2. The summed E-state index contributed by atoms with van der Waals surface area (Å²) >= 11 is 0. The smallest absolute Gasteiger partial charge is 0.406 e. The van der Waals surface area contributed by atoms with Crippen LogP contribution in [0.5, 0.6) is 5.75 Å². The van der Waals surface area contributed by atoms with Gasteiger partial charge in [-0.05, 0) is 80.3 Å². The van der Waals surface area contributed by atoms with Crippen LogP contribution in [0, 0.1) is 17.2 Å². The van der Waals surface area contributed by atoms with Gasteiger partial charge in [-0.2, -0.15) is 5.26 Å². The third kappa shape index (κ3) is 5.19. The molecule has 8 heteroatoms. The summed E-state index contributed by atoms with van der Waals surface area (Å²) in [5.41, 5.74) is 2.36. The highest BCUT2D eigenvalue weighted by molar-refractivity contribution is 6.07. The van der Waals surface area contributed by atoms with E-state index >= 15 is 0 Å². The Bertz CT molecular complexity index is 1160. The number of carbonyl (C=O) groups is 1. The van der Waals surface area contributed by atoms with Gasteiger partial charge in [-0.3, -0.25) is 9.69 Å². The summed E-state index contributed by atoms with van der Waals surface area (Å²) in [6.45, 7) is 2.19. The maximum atomic E-state index is 13.9. The average molecular weight is 512 g/mol. The minimum Gasteiger partial charge on any atom is -0.406 e. The lowest BCUT2D eigenvalue weighted by Gasteiger charge is -2.50. The van der Waals surface area contributed by atoms with Gasteiger partial charge >= 0.3 is 6.36 Å². The van der Waals surface area contributed by atoms with E-state index < -0.39 is 6.36 Å². The van der Waals surface area contributed by atoms with Crippen molar-refractivity contribution in [3.8, 4) is 11.8 Å². The Hall–Kier alpha value is -3.05. The molecule has 0 bridgehead atoms. The fourth-order valence-corrected chi connectivity index (χ4v) is 6.52. The van der Waals surface area contributed by atoms with Crippen LogP contribution in [-0.4, -0.2) is 35.3 Å². The molecular weight excluding hydrogens is 479 g/mol. The van der Waals surface area contributed by atoms with Gasteiger partial charge in [-0.1, -0.05) is 31.5 Å². The number of alkyl halides is 3. The third-order valence-electron chi connectivity index (χ3n) is 8.11. The van der Waals surface area contributed by atoms with E-state index in [4.69, 9.17) is 0 Å². The molecule has 2 saturated carbocycles. The molecule has 2 aromatic rings. The number of fused-ring (bicyclic) bond motifs is 2. The summed E-state index contributed by atoms with van der Waals surface area (Å²) in [5, 5.41) is 9.27. The molecule has 0 aromatic heterocycles. The summed E-state index contributed by atoms with van der Waals surface area (Å²) in [5.74, 6) is -0.274. The Labute approximate surface area is 215 Å². The fraction of sp³-hybridized carbons (Fsp3) is 0.517. The van der Waals surface area contributed by atoms with E-state index in [1.54, 1.807) is 0 Å². The molecule has 1 amide bonds. The van der Waals surface area contributed by atoms with E-state index in [1.807, 2.05) is 23.1 Å². The molecule has 0 N–H and O–H groups in total. The zero-order chi connectivity index (χ0) is 26.2. The monoisotopic (exact) mass is 511 g/mol. The average Bonchev–Trinajstić information content (AvgIpc) is 3.60. The van der Waals surface area contributed by atoms with Crippen molar-refractivity contribution in [3.63, 3.8) is 0 Å². The minimum atomic E-state index is -4.78. The molecule has 1 aliphatic heterocycles. The maximum Gasteiger partial charge on any atom is 0.573 e. The fourth-order valence-electron chi connectivity index (χ4n) is 6.52. The highest BCUT2D eigenvalue weighted by atomic mass is 19.4. The van der Waals surface area contributed by atoms with E-state index in [9.17, 15) is 23.2 Å². The molecule has 5 nitrogen and oxygen atoms in total. The zero-order valence-electron chi connectivity index (χ0n) is 21.0. The Morgan fingerprint density at radius 1 is 1.14 bits per heavy atom. The first-order valence-corrected chi connectivity index (χ1v) is 13.2. The molecule has 0 saturated heterocycles. The van der Waals surface area contributed by atoms with Crippen LogP contribution in [0.15, 0.2) is 48.5 Å². The Morgan fingerprint density at radius 3 is 2.51 bits per heavy atom. The van der Waals surface area contributed by atoms with Gasteiger partial charge in [0, 0.05) is 41.8 Å². The lowest BCUT2D eigenvalue weighted by Crippen LogP contribution is -2.53. The molecule has 2 aliphatic carbocycles. The molecule has 2 fully saturated rings. The predicted octanol–water partition coefficient (Wildman–Crippen LogP) is 7.00. The van der Waals surface area contributed by atoms with Crippen LogP contribution >= 0.6 is 0 Å². The normalized spacial score (nSPS) is 23.8. The van der Waals surface area contributed by atoms with Crippen molar-refractivity contribution in [1.29, 1.82) is 5.26 Å². The van der Waals surface area contributed by atoms with Crippen molar-refractivity contribution < 1.29 is 22.7 Å². The van der Waals surface area contributed by atoms with E-state index in [0.29, 0.717) is 24.1 Å². The van der Waals surface area contributed by atoms with Gasteiger partial charge in [0.1, 0.15) is 5.75 Å². The summed E-state index contributed by atoms with van der Waals surface area (Å²) in [7, 11) is 0. The van der Waals surface area contributed by atoms with Crippen LogP contribution < -0.4 is 9.64 Å². The van der Waals surface area contributed by atoms with Gasteiger partial charge in [-0.15, -0.1) is 13.2 Å². The molecule has 3 aliphatic rings. The minimum absolute atomic E-state index is 0.0215. The largest absolute Gasteiger partial charge is 0.573 e. The standard InChI is InChI=1S/C29H32F3N3O2/c1-2-20(7-6-18-33)34(21-14-15-21)27-23-8-3-4-10-25(23)35(26-11-5-9-24(26)27)28(36)19-12-16-22(17-13-19)37-29(30,31)32/h3-4,8,10,12-13,16-17,20-21,24,26-27H,2,5-7,9,11,14-15H2,1H3. The maximum absolute atomic E-state index is 13.9. The summed E-state index contributed by atoms with van der Waals surface area (Å²) in [6, 6.07) is 16.7. The van der Waals surface area contributed by atoms with Crippen LogP contribution in [0.3, 0.4) is 0 Å². The van der Waals surface area contributed by atoms with Gasteiger partial charge in [-0.25, -0.2) is 0 Å². The highest BCUT2D eigenvalue weighted by Crippen LogP contribution is 2.53. The highest BCUT2D eigenvalue weighted by Gasteiger charge is 2.51. The number of anilines is 1. The van der Waals surface area contributed by atoms with Crippen molar-refractivity contribution in [2.45, 2.75) is 88.8 Å². The first kappa shape index (κ1) is 25.6. The quantitative estimate of drug-likeness (QED) is 0.383. The van der Waals surface area contributed by atoms with Crippen molar-refractivity contribution in [1.82, 2.24) is 4.90 Å². The number of hydrogen-bond acceptors (Lipinski definition) is 4. The van der Waals surface area contributed by atoms with Gasteiger partial charge in [0.15, 0.2) is 0 Å². The van der Waals surface area contributed by atoms with Gasteiger partial charge < -0.3 is 9.64 Å². The second kappa shape index (κ2) is 10.4. The van der Waals surface area contributed by atoms with E-state index in [2.05, 4.69) is 28.7 Å². The van der Waals surface area contributed by atoms with Crippen LogP contribution in [0.1, 0.15) is 80.3 Å². The number of nitrogens with zero attached hydrogens (tertiary/aromatic N) is 3. The van der Waals surface area contributed by atoms with Crippen molar-refractivity contribution >= 4 is 11.6 Å². The Balaban J connectivity index is 1.51. The second-order valence-corrected chi connectivity index (χ2v) is 10.4. The number of halogens is 3. The molecule has 1 heterocycles. The third-order valence-corrected chi connectivity index (χ3v) is 8.11. The van der Waals surface area contributed by atoms with E-state index in [-0.39, 0.29) is 29.7 Å². The Kier molecular flexibility index (Phi) is 7.17. The number of amides is 1. The summed E-state index contributed by atoms with van der Waals surface area (Å²) in [4.78, 5) is 18.4. The number of benzene rings is 2. The van der Waals surface area contributed by atoms with Crippen LogP contribution in [0.25, 0.3) is 0 Å². The molecule has 2 aromatic carbocycles. The van der Waals surface area contributed by atoms with Crippen LogP contribution in [-0.2, 0) is 0 Å². The number of hydrogen-bond donors (Lipinski definition) is 0. The lowest BCUT2D eigenvalue weighted by molar-refractivity contribution is -0.274. The first-order chi connectivity index (χ1) is 17.8. The second-order valence-electron chi connectivity index (χ2n) is 10.4. The van der Waals surface area contributed by atoms with Crippen molar-refractivity contribution in [3.05, 3.63) is 59.7 Å². The number of nitriles is 1. The van der Waals surface area contributed by atoms with E-state index in [0.717, 1.165) is 56.2 Å². The zero-order valence-corrected chi connectivity index (χ0v) is 21.0. The Morgan fingerprint density at radius 2 is 1.86 bits per heavy atom. The molecule has 0 spiro atoms. The number of para-hydroxylation sites is 1. The molecule has 196 valence electrons. The molecule has 37 heavy (non-hydrogen) atoms. The number of rotatable bonds is 8. The summed E-state index contributed by atoms with van der Waals surface area (Å²) in [6.07, 6.45) is 2.83. The molecule has 4 unspecified atom stereocenters. The van der Waals surface area contributed by atoms with Gasteiger partial charge in [0.05, 0.1) is 6.07 Å². The van der Waals surface area contributed by atoms with Gasteiger partial charge in [0.25, 0.3) is 5.91 Å². The van der Waals surface area contributed by atoms with Gasteiger partial charge in [0.2, 0.25) is 0 Å².